The van der Waals surface area contributed by atoms with Gasteiger partial charge in [0.15, 0.2) is 5.75 Å². The summed E-state index contributed by atoms with van der Waals surface area (Å²) in [6.45, 7) is 7.32. The van der Waals surface area contributed by atoms with E-state index in [0.29, 0.717) is 39.7 Å². The number of hydrogen-bond acceptors (Lipinski definition) is 5. The molecule has 3 rings (SSSR count). The third kappa shape index (κ3) is 4.54. The van der Waals surface area contributed by atoms with Crippen molar-refractivity contribution >= 4 is 17.4 Å². The fourth-order valence-electron chi connectivity index (χ4n) is 3.31. The normalized spacial score (nSPS) is 11.6. The van der Waals surface area contributed by atoms with Crippen molar-refractivity contribution in [1.29, 1.82) is 0 Å². The van der Waals surface area contributed by atoms with Crippen LogP contribution >= 0.6 is 0 Å². The lowest BCUT2D eigenvalue weighted by Gasteiger charge is -2.17. The summed E-state index contributed by atoms with van der Waals surface area (Å²) in [5.74, 6) is 0.751. The molecule has 30 heavy (non-hydrogen) atoms. The number of aryl methyl sites for hydroxylation is 1. The molecule has 0 unspecified atom stereocenters. The van der Waals surface area contributed by atoms with E-state index in [9.17, 15) is 9.59 Å². The van der Waals surface area contributed by atoms with E-state index in [-0.39, 0.29) is 12.4 Å². The minimum absolute atomic E-state index is 0.152. The molecule has 0 aliphatic carbocycles. The van der Waals surface area contributed by atoms with Gasteiger partial charge in [-0.15, -0.1) is 0 Å². The quantitative estimate of drug-likeness (QED) is 0.393. The highest BCUT2D eigenvalue weighted by Crippen LogP contribution is 2.30. The van der Waals surface area contributed by atoms with Crippen LogP contribution in [-0.2, 0) is 4.74 Å². The topological polar surface area (TPSA) is 80.4 Å². The van der Waals surface area contributed by atoms with Gasteiger partial charge in [0.1, 0.15) is 5.75 Å². The van der Waals surface area contributed by atoms with E-state index in [2.05, 4.69) is 10.3 Å². The van der Waals surface area contributed by atoms with Gasteiger partial charge in [0, 0.05) is 5.69 Å². The summed E-state index contributed by atoms with van der Waals surface area (Å²) in [5, 5.41) is 3.23. The number of anilines is 1. The largest absolute Gasteiger partial charge is 0.462 e. The third-order valence-corrected chi connectivity index (χ3v) is 4.79. The van der Waals surface area contributed by atoms with Gasteiger partial charge in [0.25, 0.3) is 0 Å². The summed E-state index contributed by atoms with van der Waals surface area (Å²) in [5.41, 5.74) is 2.73. The van der Waals surface area contributed by atoms with E-state index in [1.54, 1.807) is 27.7 Å². The van der Waals surface area contributed by atoms with Crippen LogP contribution in [0, 0.1) is 13.8 Å². The number of rotatable bonds is 8. The standard InChI is InChI=1S/C24H26N2O4/c1-5-29-24(28)21-15(2)22(26-16(21)3)23(27)17(4)25-19-13-9-10-14-20(19)30-18-11-7-6-8-12-18/h6-14,17,25-26H,5H2,1-4H3/t17-/m0/s1. The highest BCUT2D eigenvalue weighted by molar-refractivity contribution is 6.04. The molecule has 2 aromatic carbocycles. The summed E-state index contributed by atoms with van der Waals surface area (Å²) in [7, 11) is 0. The van der Waals surface area contributed by atoms with E-state index < -0.39 is 12.0 Å². The third-order valence-electron chi connectivity index (χ3n) is 4.79. The molecule has 0 aliphatic heterocycles. The summed E-state index contributed by atoms with van der Waals surface area (Å²) in [6.07, 6.45) is 0. The number of aromatic nitrogens is 1. The Bertz CT molecular complexity index is 1040. The zero-order chi connectivity index (χ0) is 21.7. The van der Waals surface area contributed by atoms with Gasteiger partial charge in [-0.05, 0) is 57.5 Å². The fraction of sp³-hybridized carbons (Fsp3) is 0.250. The second kappa shape index (κ2) is 9.31. The first-order valence-corrected chi connectivity index (χ1v) is 9.91. The average Bonchev–Trinajstić information content (AvgIpc) is 3.03. The molecule has 0 radical (unpaired) electrons. The Morgan fingerprint density at radius 1 is 1.03 bits per heavy atom. The number of hydrogen-bond donors (Lipinski definition) is 2. The van der Waals surface area contributed by atoms with Crippen LogP contribution in [0.3, 0.4) is 0 Å². The van der Waals surface area contributed by atoms with Crippen LogP contribution in [0.5, 0.6) is 11.5 Å². The van der Waals surface area contributed by atoms with E-state index >= 15 is 0 Å². The Hall–Kier alpha value is -3.54. The molecule has 1 heterocycles. The molecule has 2 N–H and O–H groups in total. The summed E-state index contributed by atoms with van der Waals surface area (Å²) < 4.78 is 11.1. The van der Waals surface area contributed by atoms with Gasteiger partial charge in [-0.3, -0.25) is 4.79 Å². The molecule has 1 atom stereocenters. The highest BCUT2D eigenvalue weighted by atomic mass is 16.5. The van der Waals surface area contributed by atoms with Crippen LogP contribution in [0.2, 0.25) is 0 Å². The lowest BCUT2D eigenvalue weighted by atomic mass is 10.0. The Morgan fingerprint density at radius 3 is 2.40 bits per heavy atom. The summed E-state index contributed by atoms with van der Waals surface area (Å²) >= 11 is 0. The molecule has 0 saturated carbocycles. The van der Waals surface area contributed by atoms with Gasteiger partial charge in [-0.25, -0.2) is 4.79 Å². The molecule has 156 valence electrons. The Morgan fingerprint density at radius 2 is 1.70 bits per heavy atom. The minimum atomic E-state index is -0.544. The molecule has 1 aromatic heterocycles. The fourth-order valence-corrected chi connectivity index (χ4v) is 3.31. The van der Waals surface area contributed by atoms with Gasteiger partial charge < -0.3 is 19.8 Å². The number of carbonyl (C=O) groups excluding carboxylic acids is 2. The highest BCUT2D eigenvalue weighted by Gasteiger charge is 2.26. The van der Waals surface area contributed by atoms with Crippen molar-refractivity contribution in [3.63, 3.8) is 0 Å². The van der Waals surface area contributed by atoms with Crippen LogP contribution in [0.1, 0.15) is 46.0 Å². The summed E-state index contributed by atoms with van der Waals surface area (Å²) in [6, 6.07) is 16.4. The molecule has 0 spiro atoms. The van der Waals surface area contributed by atoms with Crippen molar-refractivity contribution in [1.82, 2.24) is 4.98 Å². The Kier molecular flexibility index (Phi) is 6.57. The minimum Gasteiger partial charge on any atom is -0.462 e. The number of ether oxygens (including phenoxy) is 2. The van der Waals surface area contributed by atoms with Crippen molar-refractivity contribution in [3.05, 3.63) is 77.1 Å². The maximum absolute atomic E-state index is 13.1. The van der Waals surface area contributed by atoms with Crippen molar-refractivity contribution in [3.8, 4) is 11.5 Å². The molecule has 0 aliphatic rings. The number of esters is 1. The number of carbonyl (C=O) groups is 2. The number of H-pyrrole nitrogens is 1. The Labute approximate surface area is 176 Å². The first-order chi connectivity index (χ1) is 14.4. The maximum Gasteiger partial charge on any atom is 0.340 e. The lowest BCUT2D eigenvalue weighted by molar-refractivity contribution is 0.0525. The number of nitrogens with one attached hydrogen (secondary N) is 2. The SMILES string of the molecule is CCOC(=O)c1c(C)[nH]c(C(=O)[C@H](C)Nc2ccccc2Oc2ccccc2)c1C. The van der Waals surface area contributed by atoms with Gasteiger partial charge >= 0.3 is 5.97 Å². The van der Waals surface area contributed by atoms with E-state index in [4.69, 9.17) is 9.47 Å². The molecule has 6 heteroatoms. The molecular formula is C24H26N2O4. The van der Waals surface area contributed by atoms with Crippen molar-refractivity contribution in [2.24, 2.45) is 0 Å². The van der Waals surface area contributed by atoms with E-state index in [0.717, 1.165) is 0 Å². The molecular weight excluding hydrogens is 380 g/mol. The van der Waals surface area contributed by atoms with E-state index in [1.807, 2.05) is 54.6 Å². The van der Waals surface area contributed by atoms with Crippen LogP contribution < -0.4 is 10.1 Å². The lowest BCUT2D eigenvalue weighted by Crippen LogP contribution is -2.27. The van der Waals surface area contributed by atoms with E-state index in [1.165, 1.54) is 0 Å². The van der Waals surface area contributed by atoms with Gasteiger partial charge in [0.2, 0.25) is 5.78 Å². The molecule has 6 nitrogen and oxygen atoms in total. The van der Waals surface area contributed by atoms with Gasteiger partial charge in [0.05, 0.1) is 29.6 Å². The molecule has 3 aromatic rings. The molecule has 0 amide bonds. The summed E-state index contributed by atoms with van der Waals surface area (Å²) in [4.78, 5) is 28.4. The van der Waals surface area contributed by atoms with Crippen molar-refractivity contribution in [2.45, 2.75) is 33.7 Å². The number of aromatic amines is 1. The number of para-hydroxylation sites is 3. The number of benzene rings is 2. The molecule has 0 saturated heterocycles. The second-order valence-corrected chi connectivity index (χ2v) is 6.99. The zero-order valence-electron chi connectivity index (χ0n) is 17.6. The van der Waals surface area contributed by atoms with Gasteiger partial charge in [-0.2, -0.15) is 0 Å². The second-order valence-electron chi connectivity index (χ2n) is 6.99. The number of ketones is 1. The smallest absolute Gasteiger partial charge is 0.340 e. The predicted octanol–water partition coefficient (Wildman–Crippen LogP) is 5.28. The van der Waals surface area contributed by atoms with Crippen LogP contribution in [0.15, 0.2) is 54.6 Å². The molecule has 0 bridgehead atoms. The number of Topliss-reactive ketones (excluding diaryl/α,β-unsaturated/α-hetero) is 1. The average molecular weight is 406 g/mol. The van der Waals surface area contributed by atoms with Gasteiger partial charge in [-0.1, -0.05) is 30.3 Å². The van der Waals surface area contributed by atoms with Crippen LogP contribution in [0.4, 0.5) is 5.69 Å². The van der Waals surface area contributed by atoms with Crippen LogP contribution in [-0.4, -0.2) is 29.4 Å². The van der Waals surface area contributed by atoms with Crippen molar-refractivity contribution < 1.29 is 19.1 Å². The zero-order valence-corrected chi connectivity index (χ0v) is 17.6. The first-order valence-electron chi connectivity index (χ1n) is 9.91. The van der Waals surface area contributed by atoms with Crippen LogP contribution in [0.25, 0.3) is 0 Å². The maximum atomic E-state index is 13.1. The Balaban J connectivity index is 1.80. The monoisotopic (exact) mass is 406 g/mol. The predicted molar refractivity (Wildman–Crippen MR) is 117 cm³/mol. The first kappa shape index (κ1) is 21.2. The molecule has 0 fully saturated rings. The van der Waals surface area contributed by atoms with Crippen molar-refractivity contribution in [2.75, 3.05) is 11.9 Å².